The first kappa shape index (κ1) is 55.6. The Bertz CT molecular complexity index is 3550. The van der Waals surface area contributed by atoms with Crippen molar-refractivity contribution in [3.8, 4) is 0 Å². The number of rotatable bonds is 20. The molecule has 0 radical (unpaired) electrons. The predicted octanol–water partition coefficient (Wildman–Crippen LogP) is 3.09. The van der Waals surface area contributed by atoms with E-state index >= 15 is 0 Å². The van der Waals surface area contributed by atoms with Crippen molar-refractivity contribution in [2.75, 3.05) is 41.4 Å². The number of carbonyl (C=O) groups is 2. The smallest absolute Gasteiger partial charge is 0.294 e. The summed E-state index contributed by atoms with van der Waals surface area (Å²) in [5, 5.41) is 16.8. The van der Waals surface area contributed by atoms with E-state index in [4.69, 9.17) is 5.14 Å². The predicted molar refractivity (Wildman–Crippen MR) is 264 cm³/mol. The van der Waals surface area contributed by atoms with Crippen LogP contribution in [-0.2, 0) is 66.1 Å². The van der Waals surface area contributed by atoms with E-state index < -0.39 is 89.0 Å². The van der Waals surface area contributed by atoms with Crippen molar-refractivity contribution < 1.29 is 74.5 Å². The van der Waals surface area contributed by atoms with Crippen molar-refractivity contribution in [2.45, 2.75) is 71.9 Å². The van der Waals surface area contributed by atoms with Crippen molar-refractivity contribution in [1.82, 2.24) is 20.5 Å². The largest absolute Gasteiger partial charge is 0.351 e. The van der Waals surface area contributed by atoms with Crippen LogP contribution in [0.4, 0.5) is 16.5 Å². The number of pyridine rings is 1. The summed E-state index contributed by atoms with van der Waals surface area (Å²) in [5.74, 6) is -2.45. The minimum Gasteiger partial charge on any atom is -0.351 e. The molecule has 4 aromatic rings. The number of hydrogen-bond acceptors (Lipinski definition) is 17. The first-order chi connectivity index (χ1) is 33.2. The Balaban J connectivity index is 1.41. The molecule has 0 saturated heterocycles. The van der Waals surface area contributed by atoms with Gasteiger partial charge in [-0.2, -0.15) is 38.2 Å². The summed E-state index contributed by atoms with van der Waals surface area (Å²) in [4.78, 5) is 31.2. The molecule has 0 unspecified atom stereocenters. The molecule has 0 fully saturated rings. The molecule has 72 heavy (non-hydrogen) atoms. The van der Waals surface area contributed by atoms with Gasteiger partial charge >= 0.3 is 0 Å². The van der Waals surface area contributed by atoms with Crippen LogP contribution in [0.1, 0.15) is 74.1 Å². The number of anilines is 2. The number of primary sulfonamides is 1. The summed E-state index contributed by atoms with van der Waals surface area (Å²) in [6.45, 7) is 6.96. The molecule has 2 amide bonds. The summed E-state index contributed by atoms with van der Waals surface area (Å²) in [7, 11) is -22.2. The molecule has 4 heterocycles. The summed E-state index contributed by atoms with van der Waals surface area (Å²) in [6.07, 6.45) is 7.50. The van der Waals surface area contributed by atoms with Gasteiger partial charge in [-0.15, -0.1) is 10.2 Å². The molecule has 24 nitrogen and oxygen atoms in total. The highest BCUT2D eigenvalue weighted by Crippen LogP contribution is 2.49. The highest BCUT2D eigenvalue weighted by molar-refractivity contribution is 7.91. The lowest BCUT2D eigenvalue weighted by molar-refractivity contribution is -0.437. The molecular weight excluding hydrogens is 1060 g/mol. The Hall–Kier alpha value is -5.67. The second-order valence-corrected chi connectivity index (χ2v) is 26.1. The van der Waals surface area contributed by atoms with Gasteiger partial charge in [-0.3, -0.25) is 32.8 Å². The minimum absolute atomic E-state index is 0.0200. The summed E-state index contributed by atoms with van der Waals surface area (Å²) >= 11 is 0.539. The lowest BCUT2D eigenvalue weighted by Gasteiger charge is -2.27. The normalized spacial score (nSPS) is 16.6. The fourth-order valence-corrected chi connectivity index (χ4v) is 11.5. The van der Waals surface area contributed by atoms with Gasteiger partial charge in [-0.25, -0.2) is 13.6 Å². The number of hydrogen-bond donors (Lipinski definition) is 7. The lowest BCUT2D eigenvalue weighted by atomic mass is 9.81. The van der Waals surface area contributed by atoms with Gasteiger partial charge in [0.05, 0.1) is 38.0 Å². The van der Waals surface area contributed by atoms with Crippen LogP contribution >= 0.6 is 11.3 Å². The zero-order chi connectivity index (χ0) is 53.4. The molecule has 0 spiro atoms. The quantitative estimate of drug-likeness (QED) is 0.0289. The fraction of sp³-hybridized carbons (Fsp3) is 0.333. The molecule has 0 aliphatic carbocycles. The van der Waals surface area contributed by atoms with Crippen LogP contribution in [0.5, 0.6) is 0 Å². The number of fused-ring (bicyclic) bond motifs is 2. The van der Waals surface area contributed by atoms with E-state index in [9.17, 15) is 69.9 Å². The van der Waals surface area contributed by atoms with E-state index in [0.717, 1.165) is 0 Å². The molecule has 0 atom stereocenters. The van der Waals surface area contributed by atoms with Crippen LogP contribution in [0.3, 0.4) is 0 Å². The third-order valence-corrected chi connectivity index (χ3v) is 17.0. The lowest BCUT2D eigenvalue weighted by Crippen LogP contribution is -2.28. The number of aromatic nitrogens is 3. The van der Waals surface area contributed by atoms with Crippen molar-refractivity contribution >= 4 is 101 Å². The molecule has 8 N–H and O–H groups in total. The molecule has 0 saturated carbocycles. The van der Waals surface area contributed by atoms with Crippen LogP contribution in [0, 0.1) is 0 Å². The highest BCUT2D eigenvalue weighted by atomic mass is 32.3. The molecule has 388 valence electrons. The highest BCUT2D eigenvalue weighted by Gasteiger charge is 2.45. The van der Waals surface area contributed by atoms with Crippen molar-refractivity contribution in [3.63, 3.8) is 0 Å². The Kier molecular flexibility index (Phi) is 16.0. The number of carbonyl (C=O) groups excluding carboxylic acids is 2. The Labute approximate surface area is 419 Å². The first-order valence-corrected chi connectivity index (χ1v) is 29.7. The van der Waals surface area contributed by atoms with Crippen LogP contribution in [0.25, 0.3) is 5.57 Å². The van der Waals surface area contributed by atoms with Crippen molar-refractivity contribution in [2.24, 2.45) is 5.14 Å². The van der Waals surface area contributed by atoms with E-state index in [-0.39, 0.29) is 65.1 Å². The Morgan fingerprint density at radius 1 is 0.806 bits per heavy atom. The molecule has 0 bridgehead atoms. The van der Waals surface area contributed by atoms with E-state index in [1.54, 1.807) is 61.5 Å². The monoisotopic (exact) mass is 1110 g/mol. The number of nitrogens with one attached hydrogen (secondary N) is 2. The van der Waals surface area contributed by atoms with Crippen LogP contribution in [0.2, 0.25) is 0 Å². The topological polar surface area (TPSA) is 381 Å². The second kappa shape index (κ2) is 20.7. The van der Waals surface area contributed by atoms with Gasteiger partial charge < -0.3 is 15.5 Å². The maximum absolute atomic E-state index is 13.2. The fourth-order valence-electron chi connectivity index (χ4n) is 8.13. The van der Waals surface area contributed by atoms with Gasteiger partial charge in [0, 0.05) is 72.2 Å². The standard InChI is InChI=1S/C42H48N8O16S6/c1-41(2)30-23-28(71(61,62)63)10-13-33(30)49(19-5-21-68(53,54)55)35(41)15-8-26(32-12-7-27(25-45-32)38(52)44-18-17-37(51)46-39-47-48-40(67-39)70(43,59)60)9-16-36-42(3,4)31-24-29(72(64,65)66)11-14-34(31)50(36)20-6-22-69(56,57)58/h7-16,23-25H,5-6,17-22H2,1-4H3,(H7-,43,44,46,47,51,52,53,54,55,56,57,58,59,60,61,62,63,64,65,66)/p+1. The van der Waals surface area contributed by atoms with Crippen LogP contribution < -0.4 is 20.7 Å². The number of allylic oxidation sites excluding steroid dienone is 6. The maximum Gasteiger partial charge on any atom is 0.294 e. The summed E-state index contributed by atoms with van der Waals surface area (Å²) in [6, 6.07) is 10.9. The molecule has 30 heteroatoms. The van der Waals surface area contributed by atoms with Crippen molar-refractivity contribution in [3.05, 3.63) is 107 Å². The molecule has 2 aliphatic rings. The summed E-state index contributed by atoms with van der Waals surface area (Å²) < 4.78 is 159. The third-order valence-electron chi connectivity index (χ3n) is 11.6. The maximum atomic E-state index is 13.2. The van der Waals surface area contributed by atoms with Gasteiger partial charge in [-0.1, -0.05) is 31.3 Å². The Morgan fingerprint density at radius 3 is 2.01 bits per heavy atom. The van der Waals surface area contributed by atoms with E-state index in [0.29, 0.717) is 50.8 Å². The average Bonchev–Trinajstić information content (AvgIpc) is 3.88. The molecule has 2 aromatic carbocycles. The molecule has 6 rings (SSSR count). The van der Waals surface area contributed by atoms with Gasteiger partial charge in [0.25, 0.3) is 56.4 Å². The zero-order valence-electron chi connectivity index (χ0n) is 38.6. The number of nitrogens with two attached hydrogens (primary N) is 1. The second-order valence-electron chi connectivity index (χ2n) is 17.4. The van der Waals surface area contributed by atoms with Crippen LogP contribution in [0.15, 0.2) is 98.9 Å². The van der Waals surface area contributed by atoms with E-state index in [1.807, 2.05) is 0 Å². The number of sulfonamides is 1. The van der Waals surface area contributed by atoms with Gasteiger partial charge in [-0.05, 0) is 80.4 Å². The minimum atomic E-state index is -4.66. The zero-order valence-corrected chi connectivity index (χ0v) is 43.5. The SMILES string of the molecule is CC1(C)C(/C=C/C(=C/C=C2/N(CCCS(=O)(=O)O)c3ccc(S(=O)(=O)O)cc3C2(C)C)c2ccc(C(=O)NCCC(=O)Nc3nnc(S(N)(=O)=O)s3)cn2)=[N+](CCCS(=O)(=O)O)c2ccc(S(=O)(=O)O)cc21. The number of amides is 2. The molecule has 2 aliphatic heterocycles. The number of benzene rings is 2. The van der Waals surface area contributed by atoms with Gasteiger partial charge in [0.2, 0.25) is 21.1 Å². The number of nitrogens with zero attached hydrogens (tertiary/aromatic N) is 5. The van der Waals surface area contributed by atoms with E-state index in [2.05, 4.69) is 25.8 Å². The molecular formula is C42H49N8O16S6+. The summed E-state index contributed by atoms with van der Waals surface area (Å²) in [5.41, 5.74) is 1.52. The van der Waals surface area contributed by atoms with Crippen LogP contribution in [-0.4, -0.2) is 129 Å². The molecule has 2 aromatic heterocycles. The van der Waals surface area contributed by atoms with Gasteiger partial charge in [0.1, 0.15) is 6.54 Å². The van der Waals surface area contributed by atoms with Crippen molar-refractivity contribution in [1.29, 1.82) is 0 Å². The average molecular weight is 1110 g/mol. The van der Waals surface area contributed by atoms with E-state index in [1.165, 1.54) is 54.7 Å². The van der Waals surface area contributed by atoms with Gasteiger partial charge in [0.15, 0.2) is 5.71 Å². The Morgan fingerprint density at radius 2 is 1.43 bits per heavy atom. The first-order valence-electron chi connectivity index (χ1n) is 21.2. The third kappa shape index (κ3) is 13.3.